The summed E-state index contributed by atoms with van der Waals surface area (Å²) < 4.78 is 0. The monoisotopic (exact) mass is 206 g/mol. The molecule has 0 aliphatic carbocycles. The van der Waals surface area contributed by atoms with E-state index in [1.807, 2.05) is 4.90 Å². The van der Waals surface area contributed by atoms with Crippen LogP contribution in [0, 0.1) is 11.8 Å². The van der Waals surface area contributed by atoms with Gasteiger partial charge in [0, 0.05) is 6.54 Å². The molecular weight excluding hydrogens is 188 g/mol. The lowest BCUT2D eigenvalue weighted by Crippen LogP contribution is -2.26. The zero-order valence-corrected chi connectivity index (χ0v) is 9.11. The van der Waals surface area contributed by atoms with Crippen molar-refractivity contribution in [1.29, 1.82) is 0 Å². The Morgan fingerprint density at radius 2 is 2.00 bits per heavy atom. The number of likely N-dealkylation sites (tertiary alicyclic amines) is 2. The molecule has 2 fully saturated rings. The quantitative estimate of drug-likeness (QED) is 0.490. The maximum absolute atomic E-state index is 10.7. The van der Waals surface area contributed by atoms with Crippen molar-refractivity contribution >= 4 is 6.41 Å². The molecule has 15 heavy (non-hydrogen) atoms. The number of carbonyl (C=O) groups is 1. The Hall–Kier alpha value is -1.01. The van der Waals surface area contributed by atoms with Crippen LogP contribution in [0.25, 0.3) is 0 Å². The molecular formula is C12H18N2O. The van der Waals surface area contributed by atoms with Crippen LogP contribution in [-0.2, 0) is 4.79 Å². The molecule has 2 aliphatic rings. The van der Waals surface area contributed by atoms with Gasteiger partial charge < -0.3 is 4.90 Å². The summed E-state index contributed by atoms with van der Waals surface area (Å²) >= 11 is 0. The molecule has 0 radical (unpaired) electrons. The Morgan fingerprint density at radius 1 is 1.20 bits per heavy atom. The molecule has 2 saturated heterocycles. The van der Waals surface area contributed by atoms with E-state index in [1.165, 1.54) is 25.9 Å². The van der Waals surface area contributed by atoms with Gasteiger partial charge in [0.25, 0.3) is 0 Å². The van der Waals surface area contributed by atoms with Gasteiger partial charge in [-0.1, -0.05) is 11.8 Å². The SMILES string of the molecule is O=CN1CCCC1C#CCN1CCCC1. The number of hydrogen-bond donors (Lipinski definition) is 0. The standard InChI is InChI=1S/C12H18N2O/c15-11-14-10-4-6-12(14)5-3-9-13-7-1-2-8-13/h11-12H,1-2,4,6-10H2. The van der Waals surface area contributed by atoms with E-state index >= 15 is 0 Å². The third-order valence-corrected chi connectivity index (χ3v) is 3.20. The average molecular weight is 206 g/mol. The van der Waals surface area contributed by atoms with Gasteiger partial charge in [-0.25, -0.2) is 0 Å². The van der Waals surface area contributed by atoms with Crippen molar-refractivity contribution in [3.63, 3.8) is 0 Å². The van der Waals surface area contributed by atoms with Gasteiger partial charge in [-0.3, -0.25) is 9.69 Å². The number of amides is 1. The van der Waals surface area contributed by atoms with Gasteiger partial charge in [0.05, 0.1) is 12.6 Å². The number of carbonyl (C=O) groups excluding carboxylic acids is 1. The number of nitrogens with zero attached hydrogens (tertiary/aromatic N) is 2. The molecule has 2 aliphatic heterocycles. The van der Waals surface area contributed by atoms with Crippen LogP contribution in [0.2, 0.25) is 0 Å². The lowest BCUT2D eigenvalue weighted by molar-refractivity contribution is -0.118. The van der Waals surface area contributed by atoms with Crippen molar-refractivity contribution in [2.24, 2.45) is 0 Å². The minimum atomic E-state index is 0.185. The Kier molecular flexibility index (Phi) is 3.63. The van der Waals surface area contributed by atoms with E-state index in [0.29, 0.717) is 0 Å². The maximum atomic E-state index is 10.7. The molecule has 0 aromatic rings. The second kappa shape index (κ2) is 5.18. The normalized spacial score (nSPS) is 26.4. The molecule has 3 nitrogen and oxygen atoms in total. The van der Waals surface area contributed by atoms with E-state index in [-0.39, 0.29) is 6.04 Å². The molecule has 0 saturated carbocycles. The Morgan fingerprint density at radius 3 is 2.73 bits per heavy atom. The topological polar surface area (TPSA) is 23.6 Å². The van der Waals surface area contributed by atoms with Crippen LogP contribution in [0.3, 0.4) is 0 Å². The molecule has 1 atom stereocenters. The smallest absolute Gasteiger partial charge is 0.210 e. The zero-order valence-electron chi connectivity index (χ0n) is 9.11. The lowest BCUT2D eigenvalue weighted by atomic mass is 10.2. The summed E-state index contributed by atoms with van der Waals surface area (Å²) in [6, 6.07) is 0.185. The average Bonchev–Trinajstić information content (AvgIpc) is 2.88. The molecule has 0 spiro atoms. The lowest BCUT2D eigenvalue weighted by Gasteiger charge is -2.14. The third-order valence-electron chi connectivity index (χ3n) is 3.20. The van der Waals surface area contributed by atoms with E-state index in [4.69, 9.17) is 0 Å². The van der Waals surface area contributed by atoms with Crippen molar-refractivity contribution in [1.82, 2.24) is 9.80 Å². The van der Waals surface area contributed by atoms with E-state index < -0.39 is 0 Å². The number of hydrogen-bond acceptors (Lipinski definition) is 2. The van der Waals surface area contributed by atoms with Gasteiger partial charge in [0.15, 0.2) is 0 Å². The van der Waals surface area contributed by atoms with Gasteiger partial charge in [0.1, 0.15) is 0 Å². The fraction of sp³-hybridized carbons (Fsp3) is 0.750. The van der Waals surface area contributed by atoms with Gasteiger partial charge in [-0.15, -0.1) is 0 Å². The van der Waals surface area contributed by atoms with E-state index in [0.717, 1.165) is 32.3 Å². The van der Waals surface area contributed by atoms with Crippen molar-refractivity contribution < 1.29 is 4.79 Å². The second-order valence-corrected chi connectivity index (χ2v) is 4.31. The summed E-state index contributed by atoms with van der Waals surface area (Å²) in [5.41, 5.74) is 0. The van der Waals surface area contributed by atoms with Crippen LogP contribution in [0.1, 0.15) is 25.7 Å². The van der Waals surface area contributed by atoms with Crippen LogP contribution in [0.5, 0.6) is 0 Å². The first-order valence-corrected chi connectivity index (χ1v) is 5.82. The molecule has 1 unspecified atom stereocenters. The van der Waals surface area contributed by atoms with Gasteiger partial charge in [-0.05, 0) is 38.8 Å². The van der Waals surface area contributed by atoms with Crippen LogP contribution in [-0.4, -0.2) is 48.4 Å². The zero-order chi connectivity index (χ0) is 10.5. The first-order chi connectivity index (χ1) is 7.40. The summed E-state index contributed by atoms with van der Waals surface area (Å²) in [5, 5.41) is 0. The highest BCUT2D eigenvalue weighted by atomic mass is 16.1. The fourth-order valence-electron chi connectivity index (χ4n) is 2.29. The molecule has 0 aromatic carbocycles. The summed E-state index contributed by atoms with van der Waals surface area (Å²) in [6.07, 6.45) is 5.70. The fourth-order valence-corrected chi connectivity index (χ4v) is 2.29. The van der Waals surface area contributed by atoms with Crippen molar-refractivity contribution in [2.75, 3.05) is 26.2 Å². The molecule has 82 valence electrons. The van der Waals surface area contributed by atoms with Crippen molar-refractivity contribution in [3.8, 4) is 11.8 Å². The molecule has 3 heteroatoms. The van der Waals surface area contributed by atoms with Crippen LogP contribution in [0.4, 0.5) is 0 Å². The minimum Gasteiger partial charge on any atom is -0.331 e. The summed E-state index contributed by atoms with van der Waals surface area (Å²) in [4.78, 5) is 14.9. The molecule has 0 aromatic heterocycles. The minimum absolute atomic E-state index is 0.185. The first kappa shape index (κ1) is 10.5. The largest absolute Gasteiger partial charge is 0.331 e. The highest BCUT2D eigenvalue weighted by Crippen LogP contribution is 2.13. The first-order valence-electron chi connectivity index (χ1n) is 5.82. The Bertz CT molecular complexity index is 273. The highest BCUT2D eigenvalue weighted by molar-refractivity contribution is 5.49. The van der Waals surface area contributed by atoms with E-state index in [1.54, 1.807) is 0 Å². The van der Waals surface area contributed by atoms with E-state index in [9.17, 15) is 4.79 Å². The second-order valence-electron chi connectivity index (χ2n) is 4.31. The molecule has 1 amide bonds. The third kappa shape index (κ3) is 2.73. The van der Waals surface area contributed by atoms with Crippen LogP contribution >= 0.6 is 0 Å². The molecule has 0 N–H and O–H groups in total. The predicted octanol–water partition coefficient (Wildman–Crippen LogP) is 0.706. The van der Waals surface area contributed by atoms with Crippen molar-refractivity contribution in [2.45, 2.75) is 31.7 Å². The molecule has 2 rings (SSSR count). The summed E-state index contributed by atoms with van der Waals surface area (Å²) in [7, 11) is 0. The molecule has 2 heterocycles. The van der Waals surface area contributed by atoms with Gasteiger partial charge in [-0.2, -0.15) is 0 Å². The summed E-state index contributed by atoms with van der Waals surface area (Å²) in [6.45, 7) is 4.14. The van der Waals surface area contributed by atoms with Gasteiger partial charge >= 0.3 is 0 Å². The Balaban J connectivity index is 1.79. The van der Waals surface area contributed by atoms with Crippen LogP contribution in [0.15, 0.2) is 0 Å². The number of rotatable bonds is 2. The Labute approximate surface area is 91.4 Å². The highest BCUT2D eigenvalue weighted by Gasteiger charge is 2.20. The molecule has 0 bridgehead atoms. The van der Waals surface area contributed by atoms with Crippen LogP contribution < -0.4 is 0 Å². The maximum Gasteiger partial charge on any atom is 0.210 e. The summed E-state index contributed by atoms with van der Waals surface area (Å²) in [5.74, 6) is 6.42. The predicted molar refractivity (Wildman–Crippen MR) is 59.2 cm³/mol. The van der Waals surface area contributed by atoms with E-state index in [2.05, 4.69) is 16.7 Å². The van der Waals surface area contributed by atoms with Crippen molar-refractivity contribution in [3.05, 3.63) is 0 Å². The van der Waals surface area contributed by atoms with Gasteiger partial charge in [0.2, 0.25) is 6.41 Å².